The molecule has 0 bridgehead atoms. The second-order valence-electron chi connectivity index (χ2n) is 3.40. The third kappa shape index (κ3) is 2.92. The minimum absolute atomic E-state index is 0.0750. The fourth-order valence-corrected chi connectivity index (χ4v) is 4.13. The van der Waals surface area contributed by atoms with Crippen LogP contribution in [-0.2, 0) is 17.0 Å². The Balaban J connectivity index is 0.000000531. The summed E-state index contributed by atoms with van der Waals surface area (Å²) >= 11 is 5.61. The Hall–Kier alpha value is 0.334. The molecule has 0 aromatic heterocycles. The molecule has 1 unspecified atom stereocenters. The molecule has 0 saturated heterocycles. The van der Waals surface area contributed by atoms with Crippen LogP contribution in [0.5, 0.6) is 0 Å². The van der Waals surface area contributed by atoms with Gasteiger partial charge in [-0.2, -0.15) is 0 Å². The molecule has 1 aromatic carbocycles. The van der Waals surface area contributed by atoms with E-state index in [9.17, 15) is 5.11 Å². The SMILES string of the molecule is Cc1cccc2c1SC(C)(CO)S2.[CH2]=[V]. The van der Waals surface area contributed by atoms with E-state index in [1.807, 2.05) is 0 Å². The number of hydrogen-bond donors (Lipinski definition) is 1. The van der Waals surface area contributed by atoms with Crippen LogP contribution in [0.1, 0.15) is 12.5 Å². The summed E-state index contributed by atoms with van der Waals surface area (Å²) in [4.78, 5) is 2.64. The third-order valence-electron chi connectivity index (χ3n) is 2.11. The molecule has 2 rings (SSSR count). The summed E-state index contributed by atoms with van der Waals surface area (Å²) in [6, 6.07) is 6.32. The van der Waals surface area contributed by atoms with Gasteiger partial charge in [-0.05, 0) is 25.5 Å². The van der Waals surface area contributed by atoms with E-state index in [-0.39, 0.29) is 10.7 Å². The average molecular weight is 277 g/mol. The zero-order chi connectivity index (χ0) is 11.5. The number of aryl methyl sites for hydroxylation is 1. The van der Waals surface area contributed by atoms with Gasteiger partial charge >= 0.3 is 22.2 Å². The summed E-state index contributed by atoms with van der Waals surface area (Å²) in [5, 5.41) is 12.4. The summed E-state index contributed by atoms with van der Waals surface area (Å²) in [7, 11) is 0. The van der Waals surface area contributed by atoms with Crippen molar-refractivity contribution in [2.75, 3.05) is 6.61 Å². The maximum absolute atomic E-state index is 9.25. The van der Waals surface area contributed by atoms with Crippen molar-refractivity contribution in [1.82, 2.24) is 0 Å². The zero-order valence-corrected chi connectivity index (χ0v) is 11.9. The van der Waals surface area contributed by atoms with Gasteiger partial charge in [0.2, 0.25) is 0 Å². The summed E-state index contributed by atoms with van der Waals surface area (Å²) in [5.74, 6) is 0. The fraction of sp³-hybridized carbons (Fsp3) is 0.364. The molecule has 1 N–H and O–H groups in total. The van der Waals surface area contributed by atoms with Crippen LogP contribution >= 0.6 is 23.5 Å². The van der Waals surface area contributed by atoms with Crippen LogP contribution in [0, 0.1) is 6.92 Å². The molecular weight excluding hydrogens is 263 g/mol. The maximum atomic E-state index is 9.25. The van der Waals surface area contributed by atoms with Crippen LogP contribution in [0.15, 0.2) is 28.0 Å². The van der Waals surface area contributed by atoms with Gasteiger partial charge in [-0.25, -0.2) is 0 Å². The molecule has 0 aliphatic carbocycles. The van der Waals surface area contributed by atoms with Gasteiger partial charge in [-0.15, -0.1) is 23.5 Å². The van der Waals surface area contributed by atoms with E-state index < -0.39 is 0 Å². The Labute approximate surface area is 109 Å². The Morgan fingerprint density at radius 1 is 1.40 bits per heavy atom. The summed E-state index contributed by atoms with van der Waals surface area (Å²) in [5.41, 5.74) is 1.31. The molecule has 0 radical (unpaired) electrons. The molecule has 15 heavy (non-hydrogen) atoms. The number of benzene rings is 1. The molecule has 0 saturated carbocycles. The van der Waals surface area contributed by atoms with Crippen LogP contribution in [0.2, 0.25) is 0 Å². The van der Waals surface area contributed by atoms with Crippen molar-refractivity contribution < 1.29 is 22.1 Å². The van der Waals surface area contributed by atoms with Crippen molar-refractivity contribution in [3.8, 4) is 0 Å². The monoisotopic (exact) mass is 277 g/mol. The van der Waals surface area contributed by atoms with Crippen LogP contribution in [0.3, 0.4) is 0 Å². The number of hydrogen-bond acceptors (Lipinski definition) is 3. The van der Waals surface area contributed by atoms with Gasteiger partial charge in [-0.1, -0.05) is 12.1 Å². The summed E-state index contributed by atoms with van der Waals surface area (Å²) in [6.45, 7) is 4.42. The van der Waals surface area contributed by atoms with Crippen molar-refractivity contribution in [3.05, 3.63) is 23.8 Å². The molecule has 0 amide bonds. The average Bonchev–Trinajstić information content (AvgIpc) is 2.61. The predicted molar refractivity (Wildman–Crippen MR) is 65.5 cm³/mol. The molecule has 0 spiro atoms. The first-order chi connectivity index (χ1) is 7.14. The molecule has 1 aliphatic rings. The first kappa shape index (κ1) is 13.4. The van der Waals surface area contributed by atoms with E-state index in [0.29, 0.717) is 0 Å². The number of aliphatic hydroxyl groups is 1. The van der Waals surface area contributed by atoms with Gasteiger partial charge in [0.1, 0.15) is 0 Å². The second kappa shape index (κ2) is 5.60. The number of fused-ring (bicyclic) bond motifs is 1. The molecule has 1 atom stereocenters. The number of aliphatic hydroxyl groups excluding tert-OH is 1. The van der Waals surface area contributed by atoms with Gasteiger partial charge in [0.25, 0.3) is 0 Å². The molecule has 1 nitrogen and oxygen atoms in total. The van der Waals surface area contributed by atoms with Crippen molar-refractivity contribution in [2.45, 2.75) is 27.7 Å². The quantitative estimate of drug-likeness (QED) is 0.852. The van der Waals surface area contributed by atoms with E-state index in [1.165, 1.54) is 15.4 Å². The Morgan fingerprint density at radius 2 is 2.07 bits per heavy atom. The summed E-state index contributed by atoms with van der Waals surface area (Å²) in [6.07, 6.45) is 0. The van der Waals surface area contributed by atoms with Crippen LogP contribution < -0.4 is 0 Å². The van der Waals surface area contributed by atoms with E-state index >= 15 is 0 Å². The summed E-state index contributed by atoms with van der Waals surface area (Å²) < 4.78 is -0.0750. The van der Waals surface area contributed by atoms with Crippen molar-refractivity contribution >= 4 is 28.8 Å². The van der Waals surface area contributed by atoms with Crippen LogP contribution in [0.25, 0.3) is 0 Å². The van der Waals surface area contributed by atoms with Crippen molar-refractivity contribution in [2.24, 2.45) is 0 Å². The van der Waals surface area contributed by atoms with E-state index in [2.05, 4.69) is 54.3 Å². The predicted octanol–water partition coefficient (Wildman–Crippen LogP) is 2.87. The topological polar surface area (TPSA) is 20.2 Å². The third-order valence-corrected chi connectivity index (χ3v) is 5.16. The Bertz CT molecular complexity index is 356. The molecule has 4 heteroatoms. The first-order valence-corrected chi connectivity index (χ1v) is 7.17. The molecule has 1 aromatic rings. The molecule has 1 heterocycles. The van der Waals surface area contributed by atoms with Gasteiger partial charge < -0.3 is 5.11 Å². The number of rotatable bonds is 1. The van der Waals surface area contributed by atoms with Gasteiger partial charge in [0.15, 0.2) is 0 Å². The van der Waals surface area contributed by atoms with E-state index in [1.54, 1.807) is 23.5 Å². The van der Waals surface area contributed by atoms with Gasteiger partial charge in [0, 0.05) is 9.79 Å². The normalized spacial score (nSPS) is 22.8. The Kier molecular flexibility index (Phi) is 5.00. The van der Waals surface area contributed by atoms with Gasteiger partial charge in [0.05, 0.1) is 10.7 Å². The van der Waals surface area contributed by atoms with E-state index in [4.69, 9.17) is 0 Å². The fourth-order valence-electron chi connectivity index (χ4n) is 1.37. The van der Waals surface area contributed by atoms with Crippen molar-refractivity contribution in [1.29, 1.82) is 0 Å². The molecular formula is C11H14OS2V. The molecule has 0 fully saturated rings. The Morgan fingerprint density at radius 3 is 2.60 bits per heavy atom. The van der Waals surface area contributed by atoms with Gasteiger partial charge in [-0.3, -0.25) is 0 Å². The van der Waals surface area contributed by atoms with Crippen LogP contribution in [0.4, 0.5) is 0 Å². The van der Waals surface area contributed by atoms with E-state index in [0.717, 1.165) is 0 Å². The second-order valence-corrected chi connectivity index (χ2v) is 6.72. The first-order valence-electron chi connectivity index (χ1n) is 4.55. The standard InChI is InChI=1S/C10H12OS2.CH2.V/c1-7-4-3-5-8-9(7)13-10(2,6-11)12-8;;/h3-5,11H,6H2,1-2H3;1H2;. The number of thioether (sulfide) groups is 2. The molecule has 81 valence electrons. The minimum atomic E-state index is -0.0750. The van der Waals surface area contributed by atoms with Crippen molar-refractivity contribution in [3.63, 3.8) is 0 Å². The zero-order valence-electron chi connectivity index (χ0n) is 8.86. The molecule has 1 aliphatic heterocycles. The van der Waals surface area contributed by atoms with Crippen LogP contribution in [-0.4, -0.2) is 21.0 Å².